The third-order valence-electron chi connectivity index (χ3n) is 2.65. The van der Waals surface area contributed by atoms with Crippen molar-refractivity contribution in [3.05, 3.63) is 29.8 Å². The predicted octanol–water partition coefficient (Wildman–Crippen LogP) is 2.91. The molecule has 0 amide bonds. The molecule has 0 saturated heterocycles. The Balaban J connectivity index is 2.31. The molecule has 4 heteroatoms. The summed E-state index contributed by atoms with van der Waals surface area (Å²) in [5.74, 6) is 0.805. The van der Waals surface area contributed by atoms with E-state index in [2.05, 4.69) is 19.6 Å². The number of hydrogen-bond acceptors (Lipinski definition) is 3. The third-order valence-corrected chi connectivity index (χ3v) is 4.35. The zero-order chi connectivity index (χ0) is 13.4. The molecule has 0 radical (unpaired) electrons. The first-order valence-corrected chi connectivity index (χ1v) is 10.1. The molecule has 0 aliphatic heterocycles. The van der Waals surface area contributed by atoms with Crippen molar-refractivity contribution in [2.24, 2.45) is 0 Å². The van der Waals surface area contributed by atoms with Crippen molar-refractivity contribution in [2.45, 2.75) is 32.1 Å². The van der Waals surface area contributed by atoms with E-state index in [1.807, 2.05) is 24.3 Å². The monoisotopic (exact) mass is 268 g/mol. The Morgan fingerprint density at radius 3 is 2.56 bits per heavy atom. The number of ether oxygens (including phenoxy) is 2. The topological polar surface area (TPSA) is 38.7 Å². The first-order valence-electron chi connectivity index (χ1n) is 6.42. The smallest absolute Gasteiger partial charge is 0.189 e. The molecule has 102 valence electrons. The summed E-state index contributed by atoms with van der Waals surface area (Å²) in [6, 6.07) is 8.90. The Kier molecular flexibility index (Phi) is 6.39. The van der Waals surface area contributed by atoms with Gasteiger partial charge in [0.05, 0.1) is 0 Å². The minimum absolute atomic E-state index is 0.136. The highest BCUT2D eigenvalue weighted by Gasteiger charge is 2.12. The second-order valence-electron chi connectivity index (χ2n) is 5.56. The van der Waals surface area contributed by atoms with Crippen LogP contribution in [0, 0.1) is 0 Å². The quantitative estimate of drug-likeness (QED) is 0.447. The summed E-state index contributed by atoms with van der Waals surface area (Å²) in [4.78, 5) is 0. The van der Waals surface area contributed by atoms with Crippen LogP contribution in [-0.2, 0) is 11.2 Å². The highest BCUT2D eigenvalue weighted by Crippen LogP contribution is 2.18. The Labute approximate surface area is 111 Å². The molecular weight excluding hydrogens is 244 g/mol. The van der Waals surface area contributed by atoms with Crippen LogP contribution in [0.1, 0.15) is 5.56 Å². The van der Waals surface area contributed by atoms with E-state index in [4.69, 9.17) is 14.6 Å². The second kappa shape index (κ2) is 7.56. The molecule has 0 fully saturated rings. The predicted molar refractivity (Wildman–Crippen MR) is 76.8 cm³/mol. The first-order chi connectivity index (χ1) is 8.53. The molecule has 18 heavy (non-hydrogen) atoms. The maximum Gasteiger partial charge on any atom is 0.189 e. The molecule has 1 rings (SSSR count). The van der Waals surface area contributed by atoms with Gasteiger partial charge in [-0.3, -0.25) is 0 Å². The van der Waals surface area contributed by atoms with Crippen LogP contribution < -0.4 is 4.74 Å². The molecule has 0 bridgehead atoms. The highest BCUT2D eigenvalue weighted by atomic mass is 28.3. The summed E-state index contributed by atoms with van der Waals surface area (Å²) >= 11 is 0. The number of benzene rings is 1. The molecule has 0 saturated carbocycles. The molecule has 0 aliphatic rings. The van der Waals surface area contributed by atoms with E-state index < -0.39 is 8.07 Å². The van der Waals surface area contributed by atoms with Gasteiger partial charge in [0.15, 0.2) is 6.79 Å². The third kappa shape index (κ3) is 6.19. The average Bonchev–Trinajstić information content (AvgIpc) is 2.29. The number of hydrogen-bond donors (Lipinski definition) is 1. The maximum atomic E-state index is 8.96. The molecule has 1 N–H and O–H groups in total. The van der Waals surface area contributed by atoms with Gasteiger partial charge in [-0.05, 0) is 24.1 Å². The molecule has 0 spiro atoms. The van der Waals surface area contributed by atoms with Crippen molar-refractivity contribution in [3.8, 4) is 5.75 Å². The van der Waals surface area contributed by atoms with Gasteiger partial charge in [0, 0.05) is 21.3 Å². The standard InChI is InChI=1S/C14H24O3Si/c1-18(2,3)11-10-16-12-17-14-7-5-4-6-13(14)8-9-15/h4-7,15H,8-12H2,1-3H3. The van der Waals surface area contributed by atoms with Crippen molar-refractivity contribution < 1.29 is 14.6 Å². The summed E-state index contributed by atoms with van der Waals surface area (Å²) in [5, 5.41) is 8.96. The zero-order valence-electron chi connectivity index (χ0n) is 11.6. The summed E-state index contributed by atoms with van der Waals surface area (Å²) in [6.45, 7) is 8.16. The van der Waals surface area contributed by atoms with Gasteiger partial charge in [-0.15, -0.1) is 0 Å². The van der Waals surface area contributed by atoms with Crippen molar-refractivity contribution in [3.63, 3.8) is 0 Å². The lowest BCUT2D eigenvalue weighted by atomic mass is 10.1. The lowest BCUT2D eigenvalue weighted by molar-refractivity contribution is 0.0214. The van der Waals surface area contributed by atoms with Crippen molar-refractivity contribution >= 4 is 8.07 Å². The summed E-state index contributed by atoms with van der Waals surface area (Å²) in [6.07, 6.45) is 0.616. The van der Waals surface area contributed by atoms with Gasteiger partial charge in [-0.25, -0.2) is 0 Å². The fourth-order valence-electron chi connectivity index (χ4n) is 1.51. The van der Waals surface area contributed by atoms with E-state index in [-0.39, 0.29) is 13.4 Å². The Morgan fingerprint density at radius 1 is 1.17 bits per heavy atom. The van der Waals surface area contributed by atoms with Gasteiger partial charge < -0.3 is 14.6 Å². The van der Waals surface area contributed by atoms with Gasteiger partial charge >= 0.3 is 0 Å². The average molecular weight is 268 g/mol. The van der Waals surface area contributed by atoms with E-state index in [0.717, 1.165) is 24.0 Å². The van der Waals surface area contributed by atoms with Crippen LogP contribution in [0.4, 0.5) is 0 Å². The Morgan fingerprint density at radius 2 is 1.89 bits per heavy atom. The minimum atomic E-state index is -1.02. The lowest BCUT2D eigenvalue weighted by Crippen LogP contribution is -2.22. The first kappa shape index (κ1) is 15.2. The van der Waals surface area contributed by atoms with Crippen molar-refractivity contribution in [2.75, 3.05) is 20.0 Å². The molecule has 1 aromatic carbocycles. The summed E-state index contributed by atoms with van der Waals surface area (Å²) < 4.78 is 11.1. The van der Waals surface area contributed by atoms with E-state index in [1.165, 1.54) is 0 Å². The molecule has 0 aromatic heterocycles. The van der Waals surface area contributed by atoms with Crippen molar-refractivity contribution in [1.29, 1.82) is 0 Å². The van der Waals surface area contributed by atoms with E-state index >= 15 is 0 Å². The van der Waals surface area contributed by atoms with Gasteiger partial charge in [0.1, 0.15) is 5.75 Å². The fraction of sp³-hybridized carbons (Fsp3) is 0.571. The van der Waals surface area contributed by atoms with Gasteiger partial charge in [0.2, 0.25) is 0 Å². The van der Waals surface area contributed by atoms with Crippen LogP contribution in [0.15, 0.2) is 24.3 Å². The molecule has 0 heterocycles. The molecular formula is C14H24O3Si. The highest BCUT2D eigenvalue weighted by molar-refractivity contribution is 6.76. The number of aliphatic hydroxyl groups is 1. The number of aliphatic hydroxyl groups excluding tert-OH is 1. The minimum Gasteiger partial charge on any atom is -0.467 e. The van der Waals surface area contributed by atoms with E-state index in [0.29, 0.717) is 6.42 Å². The summed E-state index contributed by atoms with van der Waals surface area (Å²) in [7, 11) is -1.02. The van der Waals surface area contributed by atoms with E-state index in [9.17, 15) is 0 Å². The summed E-state index contributed by atoms with van der Waals surface area (Å²) in [5.41, 5.74) is 1.02. The van der Waals surface area contributed by atoms with Crippen LogP contribution in [0.2, 0.25) is 25.7 Å². The Bertz CT molecular complexity index is 347. The molecule has 3 nitrogen and oxygen atoms in total. The van der Waals surface area contributed by atoms with Crippen LogP contribution in [0.3, 0.4) is 0 Å². The molecule has 1 aromatic rings. The largest absolute Gasteiger partial charge is 0.467 e. The van der Waals surface area contributed by atoms with Crippen LogP contribution in [0.5, 0.6) is 5.75 Å². The van der Waals surface area contributed by atoms with Gasteiger partial charge in [-0.2, -0.15) is 0 Å². The van der Waals surface area contributed by atoms with Gasteiger partial charge in [0.25, 0.3) is 0 Å². The number of rotatable bonds is 8. The SMILES string of the molecule is C[Si](C)(C)CCOCOc1ccccc1CCO. The van der Waals surface area contributed by atoms with Crippen LogP contribution >= 0.6 is 0 Å². The van der Waals surface area contributed by atoms with E-state index in [1.54, 1.807) is 0 Å². The lowest BCUT2D eigenvalue weighted by Gasteiger charge is -2.16. The van der Waals surface area contributed by atoms with Crippen LogP contribution in [-0.4, -0.2) is 33.2 Å². The van der Waals surface area contributed by atoms with Gasteiger partial charge in [-0.1, -0.05) is 37.8 Å². The molecule has 0 atom stereocenters. The normalized spacial score (nSPS) is 11.6. The van der Waals surface area contributed by atoms with Crippen LogP contribution in [0.25, 0.3) is 0 Å². The number of para-hydroxylation sites is 1. The Hall–Kier alpha value is -0.843. The maximum absolute atomic E-state index is 8.96. The fourth-order valence-corrected chi connectivity index (χ4v) is 2.27. The van der Waals surface area contributed by atoms with Crippen molar-refractivity contribution in [1.82, 2.24) is 0 Å². The molecule has 0 aliphatic carbocycles. The zero-order valence-corrected chi connectivity index (χ0v) is 12.6. The second-order valence-corrected chi connectivity index (χ2v) is 11.2. The molecule has 0 unspecified atom stereocenters.